The molecule has 0 fully saturated rings. The van der Waals surface area contributed by atoms with Crippen molar-refractivity contribution >= 4 is 17.9 Å². The number of ether oxygens (including phenoxy) is 3. The maximum Gasteiger partial charge on any atom is 0.306 e. The van der Waals surface area contributed by atoms with Gasteiger partial charge in [-0.15, -0.1) is 0 Å². The quantitative estimate of drug-likeness (QED) is 0.0261. The number of carbonyl (C=O) groups excluding carboxylic acids is 3. The molecule has 0 saturated carbocycles. The Labute approximate surface area is 509 Å². The predicted octanol–water partition coefficient (Wildman–Crippen LogP) is 24.6. The van der Waals surface area contributed by atoms with E-state index in [1.165, 1.54) is 225 Å². The first-order valence-electron chi connectivity index (χ1n) is 35.6. The molecule has 0 N–H and O–H groups in total. The average Bonchev–Trinajstić information content (AvgIpc) is 3.47. The van der Waals surface area contributed by atoms with Crippen LogP contribution in [0.3, 0.4) is 0 Å². The molecule has 0 aromatic carbocycles. The Balaban J connectivity index is 4.30. The normalized spacial score (nSPS) is 12.6. The molecule has 0 radical (unpaired) electrons. The van der Waals surface area contributed by atoms with Crippen molar-refractivity contribution in [3.63, 3.8) is 0 Å². The predicted molar refractivity (Wildman–Crippen MR) is 358 cm³/mol. The first kappa shape index (κ1) is 78.6. The van der Waals surface area contributed by atoms with E-state index in [4.69, 9.17) is 14.2 Å². The number of carbonyl (C=O) groups is 3. The Bertz CT molecular complexity index is 1550. The van der Waals surface area contributed by atoms with Gasteiger partial charge in [-0.05, 0) is 96.3 Å². The van der Waals surface area contributed by atoms with E-state index in [0.29, 0.717) is 19.3 Å². The summed E-state index contributed by atoms with van der Waals surface area (Å²) in [5.74, 6) is -0.915. The fourth-order valence-corrected chi connectivity index (χ4v) is 10.3. The molecule has 0 spiro atoms. The lowest BCUT2D eigenvalue weighted by molar-refractivity contribution is -0.167. The van der Waals surface area contributed by atoms with Gasteiger partial charge in [0.1, 0.15) is 13.2 Å². The molecule has 0 saturated heterocycles. The maximum absolute atomic E-state index is 12.9. The molecule has 0 bridgehead atoms. The second-order valence-corrected chi connectivity index (χ2v) is 23.8. The molecule has 1 atom stereocenters. The molecular weight excluding hydrogens is 1010 g/mol. The van der Waals surface area contributed by atoms with Gasteiger partial charge in [-0.1, -0.05) is 331 Å². The summed E-state index contributed by atoms with van der Waals surface area (Å²) in [4.78, 5) is 38.4. The third-order valence-electron chi connectivity index (χ3n) is 15.6. The minimum atomic E-state index is -0.799. The Hall–Kier alpha value is -3.41. The van der Waals surface area contributed by atoms with E-state index in [-0.39, 0.29) is 37.5 Å². The SMILES string of the molecule is CC/C=C\C/C=C\C/C=C\C/C=C\C/C=C\C/C=C\CCCCC(=O)OC(COC(=O)CCCCCCCCCCCCCCCC)COC(=O)CCCCCCCCCCCCCCCCCCC/C=C\CCCCCCCCCC. The second kappa shape index (κ2) is 70.1. The number of esters is 3. The highest BCUT2D eigenvalue weighted by molar-refractivity contribution is 5.71. The number of unbranched alkanes of at least 4 members (excludes halogenated alkanes) is 40. The molecule has 0 aromatic rings. The summed E-state index contributed by atoms with van der Waals surface area (Å²) in [7, 11) is 0. The van der Waals surface area contributed by atoms with Crippen molar-refractivity contribution in [3.8, 4) is 0 Å². The van der Waals surface area contributed by atoms with Crippen LogP contribution < -0.4 is 0 Å². The third kappa shape index (κ3) is 67.4. The highest BCUT2D eigenvalue weighted by atomic mass is 16.6. The fourth-order valence-electron chi connectivity index (χ4n) is 10.3. The van der Waals surface area contributed by atoms with Gasteiger partial charge in [-0.2, -0.15) is 0 Å². The lowest BCUT2D eigenvalue weighted by Crippen LogP contribution is -2.30. The van der Waals surface area contributed by atoms with Gasteiger partial charge in [0.25, 0.3) is 0 Å². The highest BCUT2D eigenvalue weighted by Gasteiger charge is 2.19. The Morgan fingerprint density at radius 1 is 0.256 bits per heavy atom. The Morgan fingerprint density at radius 3 is 0.780 bits per heavy atom. The summed E-state index contributed by atoms with van der Waals surface area (Å²) in [6, 6.07) is 0. The van der Waals surface area contributed by atoms with Gasteiger partial charge in [0, 0.05) is 19.3 Å². The van der Waals surface area contributed by atoms with Crippen molar-refractivity contribution in [1.29, 1.82) is 0 Å². The van der Waals surface area contributed by atoms with E-state index in [0.717, 1.165) is 89.9 Å². The lowest BCUT2D eigenvalue weighted by Gasteiger charge is -2.18. The third-order valence-corrected chi connectivity index (χ3v) is 15.6. The minimum Gasteiger partial charge on any atom is -0.462 e. The van der Waals surface area contributed by atoms with Crippen LogP contribution in [-0.4, -0.2) is 37.2 Å². The van der Waals surface area contributed by atoms with Crippen LogP contribution >= 0.6 is 0 Å². The summed E-state index contributed by atoms with van der Waals surface area (Å²) in [6.45, 7) is 6.54. The molecule has 0 rings (SSSR count). The van der Waals surface area contributed by atoms with Crippen molar-refractivity contribution in [2.24, 2.45) is 0 Å². The van der Waals surface area contributed by atoms with Crippen LogP contribution in [0.4, 0.5) is 0 Å². The molecular formula is C76H134O6. The summed E-state index contributed by atoms with van der Waals surface area (Å²) in [5, 5.41) is 0. The number of rotatable bonds is 65. The van der Waals surface area contributed by atoms with Gasteiger partial charge in [0.15, 0.2) is 6.10 Å². The topological polar surface area (TPSA) is 78.9 Å². The smallest absolute Gasteiger partial charge is 0.306 e. The minimum absolute atomic E-state index is 0.0902. The maximum atomic E-state index is 12.9. The van der Waals surface area contributed by atoms with E-state index < -0.39 is 6.10 Å². The fraction of sp³-hybridized carbons (Fsp3) is 0.776. The largest absolute Gasteiger partial charge is 0.462 e. The molecule has 474 valence electrons. The van der Waals surface area contributed by atoms with Crippen LogP contribution in [0.2, 0.25) is 0 Å². The molecule has 0 aliphatic rings. The lowest BCUT2D eigenvalue weighted by atomic mass is 10.0. The number of hydrogen-bond donors (Lipinski definition) is 0. The summed E-state index contributed by atoms with van der Waals surface area (Å²) >= 11 is 0. The zero-order valence-corrected chi connectivity index (χ0v) is 54.5. The van der Waals surface area contributed by atoms with Gasteiger partial charge < -0.3 is 14.2 Å². The van der Waals surface area contributed by atoms with E-state index in [2.05, 4.69) is 106 Å². The molecule has 6 heteroatoms. The van der Waals surface area contributed by atoms with Crippen LogP contribution in [0, 0.1) is 0 Å². The average molecular weight is 1140 g/mol. The van der Waals surface area contributed by atoms with Crippen molar-refractivity contribution in [2.75, 3.05) is 13.2 Å². The van der Waals surface area contributed by atoms with Crippen LogP contribution in [0.15, 0.2) is 85.1 Å². The van der Waals surface area contributed by atoms with Gasteiger partial charge >= 0.3 is 17.9 Å². The summed E-state index contributed by atoms with van der Waals surface area (Å²) in [5.41, 5.74) is 0. The Morgan fingerprint density at radius 2 is 0.476 bits per heavy atom. The molecule has 6 nitrogen and oxygen atoms in total. The first-order valence-corrected chi connectivity index (χ1v) is 35.6. The van der Waals surface area contributed by atoms with E-state index in [1.807, 2.05) is 0 Å². The first-order chi connectivity index (χ1) is 40.5. The van der Waals surface area contributed by atoms with E-state index in [1.54, 1.807) is 0 Å². The van der Waals surface area contributed by atoms with Gasteiger partial charge in [-0.25, -0.2) is 0 Å². The van der Waals surface area contributed by atoms with E-state index >= 15 is 0 Å². The zero-order valence-electron chi connectivity index (χ0n) is 54.5. The summed E-state index contributed by atoms with van der Waals surface area (Å²) in [6.07, 6.45) is 93.4. The molecule has 0 aromatic heterocycles. The zero-order chi connectivity index (χ0) is 59.2. The van der Waals surface area contributed by atoms with Gasteiger partial charge in [0.05, 0.1) is 0 Å². The molecule has 0 amide bonds. The summed E-state index contributed by atoms with van der Waals surface area (Å²) < 4.78 is 16.9. The molecule has 1 unspecified atom stereocenters. The Kier molecular flexibility index (Phi) is 67.2. The second-order valence-electron chi connectivity index (χ2n) is 23.8. The molecule has 0 heterocycles. The van der Waals surface area contributed by atoms with Gasteiger partial charge in [0.2, 0.25) is 0 Å². The van der Waals surface area contributed by atoms with Crippen LogP contribution in [0.5, 0.6) is 0 Å². The van der Waals surface area contributed by atoms with Crippen molar-refractivity contribution in [2.45, 2.75) is 367 Å². The molecule has 0 aliphatic heterocycles. The standard InChI is InChI=1S/C76H134O6/c1-4-7-10-13-16-19-22-25-28-30-32-34-35-36-37-38-39-40-41-43-44-46-48-51-54-57-60-63-66-69-75(78)81-72-73(71-80-74(77)68-65-62-59-56-53-50-27-24-21-18-15-12-9-6-3)82-76(79)70-67-64-61-58-55-52-49-47-45-42-33-31-29-26-23-20-17-14-11-8-5-2/h8,11,17,20,26,29-30,32-33,42,47,49,55,58,73H,4-7,9-10,12-16,18-19,21-25,27-28,31,34-41,43-46,48,50-54,56-57,59-72H2,1-3H3/b11-8-,20-17-,29-26-,32-30-,42-33-,49-47-,58-55-. The number of allylic oxidation sites excluding steroid dienone is 14. The number of hydrogen-bond acceptors (Lipinski definition) is 6. The monoisotopic (exact) mass is 1140 g/mol. The van der Waals surface area contributed by atoms with Crippen molar-refractivity contribution in [3.05, 3.63) is 85.1 Å². The van der Waals surface area contributed by atoms with Crippen LogP contribution in [-0.2, 0) is 28.6 Å². The highest BCUT2D eigenvalue weighted by Crippen LogP contribution is 2.18. The van der Waals surface area contributed by atoms with Gasteiger partial charge in [-0.3, -0.25) is 14.4 Å². The van der Waals surface area contributed by atoms with Crippen molar-refractivity contribution < 1.29 is 28.6 Å². The van der Waals surface area contributed by atoms with Crippen molar-refractivity contribution in [1.82, 2.24) is 0 Å². The van der Waals surface area contributed by atoms with Crippen LogP contribution in [0.25, 0.3) is 0 Å². The van der Waals surface area contributed by atoms with E-state index in [9.17, 15) is 14.4 Å². The molecule has 82 heavy (non-hydrogen) atoms. The van der Waals surface area contributed by atoms with Crippen LogP contribution in [0.1, 0.15) is 361 Å². The molecule has 0 aliphatic carbocycles.